The van der Waals surface area contributed by atoms with Crippen LogP contribution in [-0.4, -0.2) is 48.9 Å². The van der Waals surface area contributed by atoms with E-state index in [1.54, 1.807) is 0 Å². The molecule has 0 saturated carbocycles. The van der Waals surface area contributed by atoms with Crippen LogP contribution in [0.15, 0.2) is 34.7 Å². The second-order valence-corrected chi connectivity index (χ2v) is 7.97. The normalized spacial score (nSPS) is 18.6. The van der Waals surface area contributed by atoms with Crippen LogP contribution in [-0.2, 0) is 10.0 Å². The Bertz CT molecular complexity index is 768. The Kier molecular flexibility index (Phi) is 4.98. The number of likely N-dealkylation sites (tertiary alicyclic amines) is 1. The number of benzene rings is 1. The molecule has 1 saturated heterocycles. The fourth-order valence-corrected chi connectivity index (χ4v) is 3.81. The average molecular weight is 350 g/mol. The Morgan fingerprint density at radius 2 is 1.88 bits per heavy atom. The largest absolute Gasteiger partial charge is 0.419 e. The predicted octanol–water partition coefficient (Wildman–Crippen LogP) is 1.81. The van der Waals surface area contributed by atoms with Gasteiger partial charge in [-0.3, -0.25) is 4.90 Å². The van der Waals surface area contributed by atoms with Crippen molar-refractivity contribution in [2.24, 2.45) is 0 Å². The Morgan fingerprint density at radius 1 is 1.21 bits per heavy atom. The molecule has 8 heteroatoms. The summed E-state index contributed by atoms with van der Waals surface area (Å²) < 4.78 is 31.1. The quantitative estimate of drug-likeness (QED) is 0.885. The van der Waals surface area contributed by atoms with Crippen molar-refractivity contribution in [1.82, 2.24) is 19.8 Å². The van der Waals surface area contributed by atoms with Crippen molar-refractivity contribution in [2.75, 3.05) is 19.3 Å². The summed E-state index contributed by atoms with van der Waals surface area (Å²) in [4.78, 5) is 2.24. The average Bonchev–Trinajstić information content (AvgIpc) is 3.04. The van der Waals surface area contributed by atoms with Gasteiger partial charge < -0.3 is 4.42 Å². The topological polar surface area (TPSA) is 88.3 Å². The lowest BCUT2D eigenvalue weighted by Crippen LogP contribution is -2.45. The Morgan fingerprint density at radius 3 is 2.50 bits per heavy atom. The highest BCUT2D eigenvalue weighted by atomic mass is 32.2. The van der Waals surface area contributed by atoms with Crippen LogP contribution in [0.5, 0.6) is 0 Å². The second-order valence-electron chi connectivity index (χ2n) is 6.19. The van der Waals surface area contributed by atoms with Gasteiger partial charge in [0.05, 0.1) is 12.3 Å². The molecule has 24 heavy (non-hydrogen) atoms. The lowest BCUT2D eigenvalue weighted by Gasteiger charge is -2.34. The molecule has 0 aliphatic carbocycles. The van der Waals surface area contributed by atoms with Crippen molar-refractivity contribution in [3.63, 3.8) is 0 Å². The van der Waals surface area contributed by atoms with Gasteiger partial charge in [0, 0.05) is 24.7 Å². The van der Waals surface area contributed by atoms with Gasteiger partial charge in [-0.05, 0) is 31.9 Å². The minimum absolute atomic E-state index is 0.00557. The molecule has 1 atom stereocenters. The summed E-state index contributed by atoms with van der Waals surface area (Å²) in [5.41, 5.74) is 0.902. The van der Waals surface area contributed by atoms with Crippen LogP contribution in [0.25, 0.3) is 11.5 Å². The number of aromatic nitrogens is 2. The van der Waals surface area contributed by atoms with Crippen LogP contribution < -0.4 is 4.72 Å². The van der Waals surface area contributed by atoms with Crippen molar-refractivity contribution in [3.8, 4) is 11.5 Å². The van der Waals surface area contributed by atoms with Gasteiger partial charge in [0.25, 0.3) is 0 Å². The molecule has 1 aliphatic heterocycles. The van der Waals surface area contributed by atoms with Crippen LogP contribution in [0.1, 0.15) is 31.7 Å². The van der Waals surface area contributed by atoms with E-state index in [1.807, 2.05) is 37.3 Å². The van der Waals surface area contributed by atoms with Crippen molar-refractivity contribution in [1.29, 1.82) is 0 Å². The molecule has 130 valence electrons. The second kappa shape index (κ2) is 7.00. The van der Waals surface area contributed by atoms with Crippen LogP contribution in [0.3, 0.4) is 0 Å². The van der Waals surface area contributed by atoms with Gasteiger partial charge in [0.2, 0.25) is 21.8 Å². The summed E-state index contributed by atoms with van der Waals surface area (Å²) in [7, 11) is -3.15. The third-order valence-corrected chi connectivity index (χ3v) is 5.04. The van der Waals surface area contributed by atoms with E-state index in [2.05, 4.69) is 19.8 Å². The molecule has 1 unspecified atom stereocenters. The third kappa shape index (κ3) is 4.19. The first-order valence-electron chi connectivity index (χ1n) is 8.02. The van der Waals surface area contributed by atoms with Gasteiger partial charge >= 0.3 is 0 Å². The smallest absolute Gasteiger partial charge is 0.247 e. The maximum atomic E-state index is 11.3. The number of hydrogen-bond donors (Lipinski definition) is 1. The fourth-order valence-electron chi connectivity index (χ4n) is 2.96. The molecule has 2 heterocycles. The third-order valence-electron chi connectivity index (χ3n) is 4.28. The molecule has 0 bridgehead atoms. The molecule has 0 radical (unpaired) electrons. The maximum absolute atomic E-state index is 11.3. The zero-order valence-corrected chi connectivity index (χ0v) is 14.7. The van der Waals surface area contributed by atoms with Crippen molar-refractivity contribution in [3.05, 3.63) is 36.2 Å². The van der Waals surface area contributed by atoms with E-state index in [0.29, 0.717) is 11.8 Å². The molecule has 7 nitrogen and oxygen atoms in total. The zero-order chi connectivity index (χ0) is 17.2. The van der Waals surface area contributed by atoms with Crippen molar-refractivity contribution < 1.29 is 12.8 Å². The molecule has 1 N–H and O–H groups in total. The predicted molar refractivity (Wildman–Crippen MR) is 90.7 cm³/mol. The monoisotopic (exact) mass is 350 g/mol. The Labute approximate surface area is 142 Å². The summed E-state index contributed by atoms with van der Waals surface area (Å²) in [6.45, 7) is 3.61. The number of rotatable bonds is 5. The first kappa shape index (κ1) is 17.1. The van der Waals surface area contributed by atoms with Crippen molar-refractivity contribution in [2.45, 2.75) is 31.8 Å². The molecule has 3 rings (SSSR count). The number of piperidine rings is 1. The molecule has 1 aliphatic rings. The van der Waals surface area contributed by atoms with E-state index < -0.39 is 10.0 Å². The van der Waals surface area contributed by atoms with Gasteiger partial charge in [-0.2, -0.15) is 0 Å². The Hall–Kier alpha value is -1.77. The molecular weight excluding hydrogens is 328 g/mol. The molecule has 1 fully saturated rings. The van der Waals surface area contributed by atoms with Gasteiger partial charge in [-0.25, -0.2) is 13.1 Å². The Balaban J connectivity index is 1.62. The molecule has 0 spiro atoms. The van der Waals surface area contributed by atoms with E-state index in [9.17, 15) is 8.42 Å². The first-order valence-corrected chi connectivity index (χ1v) is 9.92. The van der Waals surface area contributed by atoms with Crippen LogP contribution >= 0.6 is 0 Å². The summed E-state index contributed by atoms with van der Waals surface area (Å²) in [5.74, 6) is 1.11. The number of nitrogens with one attached hydrogen (secondary N) is 1. The number of sulfonamides is 1. The summed E-state index contributed by atoms with van der Waals surface area (Å²) >= 11 is 0. The summed E-state index contributed by atoms with van der Waals surface area (Å²) in [6.07, 6.45) is 2.75. The minimum Gasteiger partial charge on any atom is -0.419 e. The van der Waals surface area contributed by atoms with Gasteiger partial charge in [0.15, 0.2) is 0 Å². The van der Waals surface area contributed by atoms with Crippen molar-refractivity contribution >= 4 is 10.0 Å². The molecule has 2 aromatic rings. The standard InChI is InChI=1S/C16H22N4O3S/c1-12(20-10-8-14(9-11-20)19-24(2,21)22)15-17-18-16(23-15)13-6-4-3-5-7-13/h3-7,12,14,19H,8-11H2,1-2H3. The lowest BCUT2D eigenvalue weighted by molar-refractivity contribution is 0.140. The highest BCUT2D eigenvalue weighted by molar-refractivity contribution is 7.88. The van der Waals surface area contributed by atoms with Gasteiger partial charge in [0.1, 0.15) is 0 Å². The van der Waals surface area contributed by atoms with E-state index >= 15 is 0 Å². The van der Waals surface area contributed by atoms with Crippen LogP contribution in [0.2, 0.25) is 0 Å². The van der Waals surface area contributed by atoms with Crippen LogP contribution in [0.4, 0.5) is 0 Å². The van der Waals surface area contributed by atoms with E-state index in [-0.39, 0.29) is 12.1 Å². The molecule has 0 amide bonds. The number of nitrogens with zero attached hydrogens (tertiary/aromatic N) is 3. The highest BCUT2D eigenvalue weighted by Gasteiger charge is 2.27. The molecule has 1 aromatic carbocycles. The summed E-state index contributed by atoms with van der Waals surface area (Å²) in [5, 5.41) is 8.31. The fraction of sp³-hybridized carbons (Fsp3) is 0.500. The minimum atomic E-state index is -3.15. The maximum Gasteiger partial charge on any atom is 0.247 e. The highest BCUT2D eigenvalue weighted by Crippen LogP contribution is 2.26. The lowest BCUT2D eigenvalue weighted by atomic mass is 10.0. The van der Waals surface area contributed by atoms with Gasteiger partial charge in [-0.15, -0.1) is 10.2 Å². The van der Waals surface area contributed by atoms with E-state index in [1.165, 1.54) is 6.26 Å². The SMILES string of the molecule is CC(c1nnc(-c2ccccc2)o1)N1CCC(NS(C)(=O)=O)CC1. The molecular formula is C16H22N4O3S. The van der Waals surface area contributed by atoms with E-state index in [4.69, 9.17) is 4.42 Å². The zero-order valence-electron chi connectivity index (χ0n) is 13.8. The van der Waals surface area contributed by atoms with Gasteiger partial charge in [-0.1, -0.05) is 18.2 Å². The van der Waals surface area contributed by atoms with Crippen LogP contribution in [0, 0.1) is 0 Å². The molecule has 1 aromatic heterocycles. The first-order chi connectivity index (χ1) is 11.4. The summed E-state index contributed by atoms with van der Waals surface area (Å²) in [6, 6.07) is 9.69. The van der Waals surface area contributed by atoms with E-state index in [0.717, 1.165) is 31.5 Å². The number of hydrogen-bond acceptors (Lipinski definition) is 6.